The van der Waals surface area contributed by atoms with Gasteiger partial charge in [0.2, 0.25) is 5.91 Å². The molecule has 0 bridgehead atoms. The third-order valence-electron chi connectivity index (χ3n) is 3.86. The summed E-state index contributed by atoms with van der Waals surface area (Å²) in [6.45, 7) is 0.181. The molecule has 0 aliphatic carbocycles. The van der Waals surface area contributed by atoms with E-state index in [9.17, 15) is 24.7 Å². The molecule has 0 unspecified atom stereocenters. The molecule has 1 heterocycles. The van der Waals surface area contributed by atoms with Gasteiger partial charge in [0.1, 0.15) is 18.3 Å². The van der Waals surface area contributed by atoms with Crippen LogP contribution in [0.4, 0.5) is 0 Å². The van der Waals surface area contributed by atoms with Crippen molar-refractivity contribution in [2.24, 2.45) is 5.84 Å². The van der Waals surface area contributed by atoms with Crippen molar-refractivity contribution in [2.45, 2.75) is 62.8 Å². The molecule has 1 fully saturated rings. The zero-order chi connectivity index (χ0) is 19.0. The average Bonchev–Trinajstić information content (AvgIpc) is 2.55. The first kappa shape index (κ1) is 30.6. The number of carbonyl (C=O) groups excluding carboxylic acids is 1. The van der Waals surface area contributed by atoms with Gasteiger partial charge in [0.15, 0.2) is 6.29 Å². The van der Waals surface area contributed by atoms with E-state index in [1.165, 1.54) is 0 Å². The standard InChI is InChI=1S/C13H27N2O9P.2Na.2H/c14-15-9(16)4-2-1-3-6-23-13-12(19)11(18)10(17)8(24-13)5-7-25(20,21)22;;;;/h8,10-13,17-19H,1-7,14H2,(H,15,16)(H2,20,21,22);;;;/t8-,10-,11+,12+,13+;;;;/m1..../s1. The Morgan fingerprint density at radius 1 is 1.07 bits per heavy atom. The van der Waals surface area contributed by atoms with E-state index in [4.69, 9.17) is 25.1 Å². The molecule has 1 aliphatic heterocycles. The first-order chi connectivity index (χ1) is 11.7. The van der Waals surface area contributed by atoms with Crippen molar-refractivity contribution < 1.29 is 43.9 Å². The second-order valence-electron chi connectivity index (χ2n) is 5.94. The summed E-state index contributed by atoms with van der Waals surface area (Å²) >= 11 is 0. The van der Waals surface area contributed by atoms with Gasteiger partial charge in [-0.2, -0.15) is 0 Å². The van der Waals surface area contributed by atoms with E-state index in [-0.39, 0.29) is 84.5 Å². The van der Waals surface area contributed by atoms with Gasteiger partial charge in [0.25, 0.3) is 0 Å². The summed E-state index contributed by atoms with van der Waals surface area (Å²) in [5.41, 5.74) is 2.02. The van der Waals surface area contributed by atoms with E-state index in [0.29, 0.717) is 19.3 Å². The van der Waals surface area contributed by atoms with Gasteiger partial charge in [-0.05, 0) is 19.3 Å². The van der Waals surface area contributed by atoms with E-state index in [1.807, 2.05) is 5.43 Å². The van der Waals surface area contributed by atoms with Crippen molar-refractivity contribution in [3.63, 3.8) is 0 Å². The Balaban J connectivity index is 0. The third-order valence-corrected chi connectivity index (χ3v) is 4.71. The fourth-order valence-electron chi connectivity index (χ4n) is 2.42. The third kappa shape index (κ3) is 12.0. The number of aliphatic hydroxyl groups is 3. The summed E-state index contributed by atoms with van der Waals surface area (Å²) in [6.07, 6.45) is -5.37. The van der Waals surface area contributed by atoms with Crippen LogP contribution in [0.2, 0.25) is 0 Å². The topological polar surface area (TPSA) is 192 Å². The summed E-state index contributed by atoms with van der Waals surface area (Å²) in [6, 6.07) is 0. The second kappa shape index (κ2) is 15.2. The molecule has 0 spiro atoms. The predicted octanol–water partition coefficient (Wildman–Crippen LogP) is -3.37. The Morgan fingerprint density at radius 2 is 1.70 bits per heavy atom. The van der Waals surface area contributed by atoms with Crippen molar-refractivity contribution in [1.29, 1.82) is 0 Å². The van der Waals surface area contributed by atoms with Crippen molar-refractivity contribution in [3.05, 3.63) is 0 Å². The number of hydrogen-bond acceptors (Lipinski definition) is 8. The van der Waals surface area contributed by atoms with Gasteiger partial charge in [-0.3, -0.25) is 14.8 Å². The summed E-state index contributed by atoms with van der Waals surface area (Å²) in [5.74, 6) is 4.69. The molecule has 8 N–H and O–H groups in total. The van der Waals surface area contributed by atoms with Crippen LogP contribution in [0.5, 0.6) is 0 Å². The number of aliphatic hydroxyl groups excluding tert-OH is 3. The van der Waals surface area contributed by atoms with Crippen LogP contribution < -0.4 is 11.3 Å². The average molecular weight is 434 g/mol. The van der Waals surface area contributed by atoms with E-state index in [2.05, 4.69) is 0 Å². The van der Waals surface area contributed by atoms with Gasteiger partial charge < -0.3 is 34.6 Å². The Morgan fingerprint density at radius 3 is 2.26 bits per heavy atom. The zero-order valence-electron chi connectivity index (χ0n) is 13.7. The van der Waals surface area contributed by atoms with Crippen LogP contribution in [0, 0.1) is 0 Å². The second-order valence-corrected chi connectivity index (χ2v) is 7.72. The molecule has 0 aromatic carbocycles. The molecule has 0 aromatic heterocycles. The number of hydrazine groups is 1. The van der Waals surface area contributed by atoms with E-state index < -0.39 is 44.5 Å². The van der Waals surface area contributed by atoms with E-state index in [0.717, 1.165) is 0 Å². The van der Waals surface area contributed by atoms with Crippen LogP contribution in [0.25, 0.3) is 0 Å². The molecule has 152 valence electrons. The number of nitrogens with one attached hydrogen (secondary N) is 1. The van der Waals surface area contributed by atoms with Gasteiger partial charge in [-0.25, -0.2) is 5.84 Å². The molecular weight excluding hydrogens is 405 g/mol. The molecule has 5 atom stereocenters. The summed E-state index contributed by atoms with van der Waals surface area (Å²) in [7, 11) is -4.28. The minimum atomic E-state index is -4.28. The van der Waals surface area contributed by atoms with Gasteiger partial charge in [0, 0.05) is 13.0 Å². The summed E-state index contributed by atoms with van der Waals surface area (Å²) in [5, 5.41) is 29.6. The Labute approximate surface area is 202 Å². The number of nitrogens with two attached hydrogens (primary N) is 1. The monoisotopic (exact) mass is 434 g/mol. The van der Waals surface area contributed by atoms with Gasteiger partial charge in [-0.1, -0.05) is 6.42 Å². The van der Waals surface area contributed by atoms with Crippen LogP contribution >= 0.6 is 7.60 Å². The molecule has 14 heteroatoms. The molecule has 27 heavy (non-hydrogen) atoms. The van der Waals surface area contributed by atoms with Crippen LogP contribution in [-0.2, 0) is 18.8 Å². The molecule has 1 saturated heterocycles. The molecule has 1 aliphatic rings. The molecule has 1 amide bonds. The van der Waals surface area contributed by atoms with Crippen LogP contribution in [0.3, 0.4) is 0 Å². The number of rotatable bonds is 10. The molecule has 0 radical (unpaired) electrons. The van der Waals surface area contributed by atoms with Gasteiger partial charge >= 0.3 is 66.7 Å². The van der Waals surface area contributed by atoms with Crippen molar-refractivity contribution in [3.8, 4) is 0 Å². The zero-order valence-corrected chi connectivity index (χ0v) is 14.6. The van der Waals surface area contributed by atoms with E-state index in [1.54, 1.807) is 0 Å². The summed E-state index contributed by atoms with van der Waals surface area (Å²) < 4.78 is 21.6. The number of hydrogen-bond donors (Lipinski definition) is 7. The van der Waals surface area contributed by atoms with Crippen LogP contribution in [0.1, 0.15) is 32.1 Å². The molecule has 1 rings (SSSR count). The van der Waals surface area contributed by atoms with Crippen molar-refractivity contribution >= 4 is 72.6 Å². The van der Waals surface area contributed by atoms with E-state index >= 15 is 0 Å². The fraction of sp³-hybridized carbons (Fsp3) is 0.923. The van der Waals surface area contributed by atoms with Gasteiger partial charge in [-0.15, -0.1) is 0 Å². The predicted molar refractivity (Wildman–Crippen MR) is 99.3 cm³/mol. The van der Waals surface area contributed by atoms with Crippen molar-refractivity contribution in [2.75, 3.05) is 12.8 Å². The number of amides is 1. The molecule has 11 nitrogen and oxygen atoms in total. The number of unbranched alkanes of at least 4 members (excludes halogenated alkanes) is 2. The fourth-order valence-corrected chi connectivity index (χ4v) is 3.02. The number of ether oxygens (including phenoxy) is 2. The molecule has 0 saturated carbocycles. The normalized spacial score (nSPS) is 28.0. The summed E-state index contributed by atoms with van der Waals surface area (Å²) in [4.78, 5) is 28.7. The maximum absolute atomic E-state index is 10.9. The minimum absolute atomic E-state index is 0. The molecular formula is C13H29N2Na2O9P. The first-order valence-electron chi connectivity index (χ1n) is 8.01. The Bertz CT molecular complexity index is 471. The van der Waals surface area contributed by atoms with Crippen LogP contribution in [0.15, 0.2) is 0 Å². The van der Waals surface area contributed by atoms with Gasteiger partial charge in [0.05, 0.1) is 12.3 Å². The molecule has 0 aromatic rings. The SMILES string of the molecule is NNC(=O)CCCCCO[C@H]1O[C@H](CCP(=O)(O)O)[C@@H](O)[C@H](O)[C@@H]1O.[NaH].[NaH]. The maximum atomic E-state index is 10.9. The Hall–Kier alpha value is 1.38. The van der Waals surface area contributed by atoms with Crippen molar-refractivity contribution in [1.82, 2.24) is 5.43 Å². The Kier molecular flexibility index (Phi) is 17.2. The first-order valence-corrected chi connectivity index (χ1v) is 9.80. The number of carbonyl (C=O) groups is 1. The van der Waals surface area contributed by atoms with Crippen LogP contribution in [-0.4, -0.2) is 134 Å². The quantitative estimate of drug-likeness (QED) is 0.0456.